The van der Waals surface area contributed by atoms with Gasteiger partial charge in [-0.2, -0.15) is 5.10 Å². The molecule has 1 atom stereocenters. The van der Waals surface area contributed by atoms with Gasteiger partial charge < -0.3 is 10.5 Å². The molecule has 0 spiro atoms. The van der Waals surface area contributed by atoms with E-state index in [1.807, 2.05) is 6.92 Å². The number of hydrogen-bond acceptors (Lipinski definition) is 4. The number of nitrogens with zero attached hydrogens (tertiary/aromatic N) is 2. The first-order valence-corrected chi connectivity index (χ1v) is 5.30. The zero-order valence-corrected chi connectivity index (χ0v) is 10.4. The minimum Gasteiger partial charge on any atom is -0.383 e. The number of rotatable bonds is 5. The Morgan fingerprint density at radius 3 is 2.75 bits per heavy atom. The van der Waals surface area contributed by atoms with Crippen LogP contribution < -0.4 is 5.73 Å². The maximum Gasteiger partial charge on any atom is 0.156 e. The molecule has 0 aliphatic rings. The first-order valence-electron chi connectivity index (χ1n) is 4.92. The van der Waals surface area contributed by atoms with Crippen molar-refractivity contribution >= 4 is 17.4 Å². The number of carbonyl (C=O) groups excluding carboxylic acids is 1. The van der Waals surface area contributed by atoms with Crippen molar-refractivity contribution in [3.05, 3.63) is 16.4 Å². The molecule has 0 aliphatic carbocycles. The second-order valence-electron chi connectivity index (χ2n) is 3.68. The van der Waals surface area contributed by atoms with E-state index in [0.717, 1.165) is 11.3 Å². The summed E-state index contributed by atoms with van der Waals surface area (Å²) in [6.45, 7) is 2.03. The van der Waals surface area contributed by atoms with Gasteiger partial charge in [-0.05, 0) is 6.92 Å². The molecule has 0 fully saturated rings. The predicted octanol–water partition coefficient (Wildman–Crippen LogP) is 0.467. The zero-order valence-electron chi connectivity index (χ0n) is 9.66. The lowest BCUT2D eigenvalue weighted by atomic mass is 10.1. The number of aromatic nitrogens is 2. The van der Waals surface area contributed by atoms with E-state index >= 15 is 0 Å². The first kappa shape index (κ1) is 13.2. The molecular formula is C10H16ClN3O2. The Bertz CT molecular complexity index is 390. The highest BCUT2D eigenvalue weighted by Crippen LogP contribution is 2.19. The fourth-order valence-electron chi connectivity index (χ4n) is 1.45. The van der Waals surface area contributed by atoms with Crippen LogP contribution in [0.2, 0.25) is 5.15 Å². The molecule has 0 radical (unpaired) electrons. The Hall–Kier alpha value is -0.910. The number of ketones is 1. The van der Waals surface area contributed by atoms with Crippen molar-refractivity contribution < 1.29 is 9.53 Å². The van der Waals surface area contributed by atoms with E-state index < -0.39 is 6.04 Å². The molecule has 6 heteroatoms. The van der Waals surface area contributed by atoms with Crippen LogP contribution in [0.1, 0.15) is 11.3 Å². The number of carbonyl (C=O) groups is 1. The topological polar surface area (TPSA) is 70.1 Å². The van der Waals surface area contributed by atoms with Gasteiger partial charge in [0.1, 0.15) is 5.15 Å². The van der Waals surface area contributed by atoms with Gasteiger partial charge in [-0.3, -0.25) is 9.48 Å². The van der Waals surface area contributed by atoms with E-state index in [9.17, 15) is 4.79 Å². The van der Waals surface area contributed by atoms with Gasteiger partial charge in [-0.15, -0.1) is 0 Å². The van der Waals surface area contributed by atoms with Gasteiger partial charge in [0.15, 0.2) is 5.78 Å². The molecule has 90 valence electrons. The third kappa shape index (κ3) is 2.81. The molecular weight excluding hydrogens is 230 g/mol. The second kappa shape index (κ2) is 5.43. The molecule has 5 nitrogen and oxygen atoms in total. The zero-order chi connectivity index (χ0) is 12.3. The third-order valence-electron chi connectivity index (χ3n) is 2.38. The number of nitrogens with two attached hydrogens (primary N) is 1. The van der Waals surface area contributed by atoms with Gasteiger partial charge in [0, 0.05) is 26.1 Å². The van der Waals surface area contributed by atoms with Crippen molar-refractivity contribution in [2.24, 2.45) is 12.8 Å². The number of aryl methyl sites for hydroxylation is 2. The molecule has 0 aromatic carbocycles. The Morgan fingerprint density at radius 1 is 1.69 bits per heavy atom. The van der Waals surface area contributed by atoms with Crippen LogP contribution >= 0.6 is 11.6 Å². The van der Waals surface area contributed by atoms with E-state index in [-0.39, 0.29) is 18.8 Å². The number of Topliss-reactive ketones (excluding diaryl/α,β-unsaturated/α-hetero) is 1. The Kier molecular flexibility index (Phi) is 4.46. The van der Waals surface area contributed by atoms with Crippen molar-refractivity contribution in [1.29, 1.82) is 0 Å². The van der Waals surface area contributed by atoms with E-state index in [1.165, 1.54) is 7.11 Å². The lowest BCUT2D eigenvalue weighted by molar-refractivity contribution is -0.120. The SMILES string of the molecule is COCC(N)C(=O)Cc1c(C)nn(C)c1Cl. The van der Waals surface area contributed by atoms with Gasteiger partial charge in [0.25, 0.3) is 0 Å². The van der Waals surface area contributed by atoms with Crippen LogP contribution in [0, 0.1) is 6.92 Å². The highest BCUT2D eigenvalue weighted by atomic mass is 35.5. The smallest absolute Gasteiger partial charge is 0.156 e. The largest absolute Gasteiger partial charge is 0.383 e. The van der Waals surface area contributed by atoms with Crippen LogP contribution in [0.5, 0.6) is 0 Å². The molecule has 1 rings (SSSR count). The molecule has 0 amide bonds. The van der Waals surface area contributed by atoms with E-state index in [2.05, 4.69) is 5.10 Å². The van der Waals surface area contributed by atoms with E-state index in [1.54, 1.807) is 11.7 Å². The molecule has 0 bridgehead atoms. The summed E-state index contributed by atoms with van der Waals surface area (Å²) in [7, 11) is 3.24. The maximum atomic E-state index is 11.7. The molecule has 1 aromatic heterocycles. The monoisotopic (exact) mass is 245 g/mol. The summed E-state index contributed by atoms with van der Waals surface area (Å²) in [5.41, 5.74) is 7.13. The lowest BCUT2D eigenvalue weighted by Gasteiger charge is -2.08. The predicted molar refractivity (Wildman–Crippen MR) is 61.5 cm³/mol. The van der Waals surface area contributed by atoms with Crippen molar-refractivity contribution in [3.8, 4) is 0 Å². The van der Waals surface area contributed by atoms with Gasteiger partial charge in [0.05, 0.1) is 18.3 Å². The molecule has 1 unspecified atom stereocenters. The summed E-state index contributed by atoms with van der Waals surface area (Å²) in [5.74, 6) is -0.0974. The highest BCUT2D eigenvalue weighted by Gasteiger charge is 2.19. The molecule has 0 aliphatic heterocycles. The third-order valence-corrected chi connectivity index (χ3v) is 2.85. The summed E-state index contributed by atoms with van der Waals surface area (Å²) in [5, 5.41) is 4.61. The minimum atomic E-state index is -0.610. The standard InChI is InChI=1S/C10H16ClN3O2/c1-6-7(10(11)14(2)13-6)4-9(15)8(12)5-16-3/h8H,4-5,12H2,1-3H3. The molecule has 0 saturated heterocycles. The minimum absolute atomic E-state index is 0.0974. The van der Waals surface area contributed by atoms with Gasteiger partial charge in [-0.25, -0.2) is 0 Å². The summed E-state index contributed by atoms with van der Waals surface area (Å²) in [6, 6.07) is -0.610. The number of hydrogen-bond donors (Lipinski definition) is 1. The van der Waals surface area contributed by atoms with Crippen LogP contribution in [0.15, 0.2) is 0 Å². The highest BCUT2D eigenvalue weighted by molar-refractivity contribution is 6.30. The van der Waals surface area contributed by atoms with Crippen LogP contribution in [0.25, 0.3) is 0 Å². The number of halogens is 1. The Labute approximate surface area is 99.5 Å². The van der Waals surface area contributed by atoms with Crippen molar-refractivity contribution in [2.45, 2.75) is 19.4 Å². The average molecular weight is 246 g/mol. The van der Waals surface area contributed by atoms with Gasteiger partial charge >= 0.3 is 0 Å². The van der Waals surface area contributed by atoms with Crippen LogP contribution in [0.4, 0.5) is 0 Å². The molecule has 16 heavy (non-hydrogen) atoms. The fraction of sp³-hybridized carbons (Fsp3) is 0.600. The van der Waals surface area contributed by atoms with Crippen LogP contribution in [-0.4, -0.2) is 35.3 Å². The van der Waals surface area contributed by atoms with Crippen molar-refractivity contribution in [1.82, 2.24) is 9.78 Å². The Balaban J connectivity index is 2.77. The van der Waals surface area contributed by atoms with Crippen LogP contribution in [-0.2, 0) is 23.0 Å². The summed E-state index contributed by atoms with van der Waals surface area (Å²) in [4.78, 5) is 11.7. The quantitative estimate of drug-likeness (QED) is 0.819. The lowest BCUT2D eigenvalue weighted by Crippen LogP contribution is -2.36. The summed E-state index contributed by atoms with van der Waals surface area (Å²) >= 11 is 6.02. The van der Waals surface area contributed by atoms with Gasteiger partial charge in [0.2, 0.25) is 0 Å². The van der Waals surface area contributed by atoms with E-state index in [0.29, 0.717) is 5.15 Å². The summed E-state index contributed by atoms with van der Waals surface area (Å²) in [6.07, 6.45) is 0.197. The first-order chi connectivity index (χ1) is 7.47. The van der Waals surface area contributed by atoms with Crippen molar-refractivity contribution in [3.63, 3.8) is 0 Å². The normalized spacial score (nSPS) is 12.8. The molecule has 1 heterocycles. The van der Waals surface area contributed by atoms with Gasteiger partial charge in [-0.1, -0.05) is 11.6 Å². The van der Waals surface area contributed by atoms with E-state index in [4.69, 9.17) is 22.1 Å². The molecule has 1 aromatic rings. The number of ether oxygens (including phenoxy) is 1. The molecule has 2 N–H and O–H groups in total. The molecule has 0 saturated carbocycles. The summed E-state index contributed by atoms with van der Waals surface area (Å²) < 4.78 is 6.37. The van der Waals surface area contributed by atoms with Crippen LogP contribution in [0.3, 0.4) is 0 Å². The maximum absolute atomic E-state index is 11.7. The average Bonchev–Trinajstić information content (AvgIpc) is 2.45. The Morgan fingerprint density at radius 2 is 2.31 bits per heavy atom. The fourth-order valence-corrected chi connectivity index (χ4v) is 1.69. The second-order valence-corrected chi connectivity index (χ2v) is 4.04. The number of methoxy groups -OCH3 is 1. The van der Waals surface area contributed by atoms with Crippen molar-refractivity contribution in [2.75, 3.05) is 13.7 Å².